The number of nitrogens with zero attached hydrogens (tertiary/aromatic N) is 1. The SMILES string of the molecule is N#Cc1cccc(C[C@H](NC(=O)Cc2ccc(C(F)(F)F)cc2)C(=O)O)c1. The van der Waals surface area contributed by atoms with Crippen molar-refractivity contribution in [2.24, 2.45) is 0 Å². The topological polar surface area (TPSA) is 90.2 Å². The van der Waals surface area contributed by atoms with Gasteiger partial charge in [-0.1, -0.05) is 24.3 Å². The Bertz CT molecular complexity index is 871. The number of benzene rings is 2. The number of halogens is 3. The third-order valence-corrected chi connectivity index (χ3v) is 3.78. The van der Waals surface area contributed by atoms with Crippen molar-refractivity contribution in [3.63, 3.8) is 0 Å². The largest absolute Gasteiger partial charge is 0.480 e. The number of alkyl halides is 3. The number of carboxylic acid groups (broad SMARTS) is 1. The van der Waals surface area contributed by atoms with Crippen LogP contribution in [-0.2, 0) is 28.6 Å². The number of rotatable bonds is 6. The Kier molecular flexibility index (Phi) is 6.19. The van der Waals surface area contributed by atoms with Crippen molar-refractivity contribution in [1.29, 1.82) is 5.26 Å². The van der Waals surface area contributed by atoms with Gasteiger partial charge in [0.1, 0.15) is 6.04 Å². The van der Waals surface area contributed by atoms with Gasteiger partial charge in [-0.25, -0.2) is 4.79 Å². The van der Waals surface area contributed by atoms with Crippen LogP contribution < -0.4 is 5.32 Å². The predicted octanol–water partition coefficient (Wildman–Crippen LogP) is 2.93. The van der Waals surface area contributed by atoms with Gasteiger partial charge in [0.05, 0.1) is 23.6 Å². The second kappa shape index (κ2) is 8.36. The van der Waals surface area contributed by atoms with Crippen LogP contribution in [0.15, 0.2) is 48.5 Å². The normalized spacial score (nSPS) is 12.1. The molecular formula is C19H15F3N2O3. The molecule has 0 aliphatic rings. The zero-order valence-corrected chi connectivity index (χ0v) is 14.0. The molecule has 0 fully saturated rings. The van der Waals surface area contributed by atoms with Crippen molar-refractivity contribution in [1.82, 2.24) is 5.32 Å². The predicted molar refractivity (Wildman–Crippen MR) is 89.6 cm³/mol. The van der Waals surface area contributed by atoms with Crippen molar-refractivity contribution < 1.29 is 27.9 Å². The number of aliphatic carboxylic acids is 1. The number of carbonyl (C=O) groups excluding carboxylic acids is 1. The molecule has 0 saturated heterocycles. The molecule has 8 heteroatoms. The van der Waals surface area contributed by atoms with Crippen molar-refractivity contribution in [3.05, 3.63) is 70.8 Å². The second-order valence-electron chi connectivity index (χ2n) is 5.85. The fourth-order valence-corrected chi connectivity index (χ4v) is 2.45. The molecule has 0 radical (unpaired) electrons. The van der Waals surface area contributed by atoms with Crippen molar-refractivity contribution in [2.45, 2.75) is 25.1 Å². The van der Waals surface area contributed by atoms with Crippen molar-refractivity contribution in [2.75, 3.05) is 0 Å². The maximum absolute atomic E-state index is 12.5. The molecule has 0 aromatic heterocycles. The quantitative estimate of drug-likeness (QED) is 0.811. The van der Waals surface area contributed by atoms with Gasteiger partial charge in [-0.2, -0.15) is 18.4 Å². The first kappa shape index (κ1) is 20.0. The average Bonchev–Trinajstić information content (AvgIpc) is 2.61. The molecule has 2 rings (SSSR count). The molecule has 0 heterocycles. The number of nitrogens with one attached hydrogen (secondary N) is 1. The molecule has 0 spiro atoms. The Labute approximate surface area is 153 Å². The van der Waals surface area contributed by atoms with Gasteiger partial charge in [-0.15, -0.1) is 0 Å². The monoisotopic (exact) mass is 376 g/mol. The first-order chi connectivity index (χ1) is 12.7. The van der Waals surface area contributed by atoms with Crippen LogP contribution in [0.1, 0.15) is 22.3 Å². The van der Waals surface area contributed by atoms with Crippen molar-refractivity contribution >= 4 is 11.9 Å². The number of carbonyl (C=O) groups is 2. The van der Waals surface area contributed by atoms with Crippen LogP contribution in [0.2, 0.25) is 0 Å². The summed E-state index contributed by atoms with van der Waals surface area (Å²) < 4.78 is 37.6. The lowest BCUT2D eigenvalue weighted by molar-refractivity contribution is -0.141. The van der Waals surface area contributed by atoms with Gasteiger partial charge in [0.2, 0.25) is 5.91 Å². The molecule has 2 N–H and O–H groups in total. The minimum absolute atomic E-state index is 0.0242. The molecule has 2 aromatic carbocycles. The zero-order valence-electron chi connectivity index (χ0n) is 14.0. The molecule has 0 aliphatic carbocycles. The summed E-state index contributed by atoms with van der Waals surface area (Å²) in [6.07, 6.45) is -4.74. The highest BCUT2D eigenvalue weighted by atomic mass is 19.4. The number of hydrogen-bond donors (Lipinski definition) is 2. The fraction of sp³-hybridized carbons (Fsp3) is 0.211. The van der Waals surface area contributed by atoms with E-state index < -0.39 is 29.7 Å². The average molecular weight is 376 g/mol. The third kappa shape index (κ3) is 5.85. The molecule has 0 bridgehead atoms. The molecule has 0 aliphatic heterocycles. The molecule has 27 heavy (non-hydrogen) atoms. The van der Waals surface area contributed by atoms with E-state index in [1.54, 1.807) is 18.2 Å². The lowest BCUT2D eigenvalue weighted by Gasteiger charge is -2.15. The first-order valence-corrected chi connectivity index (χ1v) is 7.86. The number of carboxylic acids is 1. The van der Waals surface area contributed by atoms with Crippen molar-refractivity contribution in [3.8, 4) is 6.07 Å². The highest BCUT2D eigenvalue weighted by Gasteiger charge is 2.30. The molecule has 1 atom stereocenters. The Morgan fingerprint density at radius 2 is 1.78 bits per heavy atom. The van der Waals surface area contributed by atoms with Gasteiger partial charge in [0, 0.05) is 6.42 Å². The van der Waals surface area contributed by atoms with E-state index in [0.29, 0.717) is 16.7 Å². The maximum Gasteiger partial charge on any atom is 0.416 e. The maximum atomic E-state index is 12.5. The van der Waals surface area contributed by atoms with Crippen LogP contribution in [-0.4, -0.2) is 23.0 Å². The number of amides is 1. The standard InChI is InChI=1S/C19H15F3N2O3/c20-19(21,22)15-6-4-12(5-7-15)10-17(25)24-16(18(26)27)9-13-2-1-3-14(8-13)11-23/h1-8,16H,9-10H2,(H,24,25)(H,26,27)/t16-/m0/s1. The third-order valence-electron chi connectivity index (χ3n) is 3.78. The van der Waals surface area contributed by atoms with Crippen LogP contribution in [0, 0.1) is 11.3 Å². The molecule has 2 aromatic rings. The minimum Gasteiger partial charge on any atom is -0.480 e. The Morgan fingerprint density at radius 3 is 2.33 bits per heavy atom. The van der Waals surface area contributed by atoms with E-state index in [9.17, 15) is 27.9 Å². The Morgan fingerprint density at radius 1 is 1.11 bits per heavy atom. The van der Waals surface area contributed by atoms with Crippen LogP contribution in [0.3, 0.4) is 0 Å². The smallest absolute Gasteiger partial charge is 0.416 e. The van der Waals surface area contributed by atoms with E-state index in [1.165, 1.54) is 18.2 Å². The van der Waals surface area contributed by atoms with Crippen LogP contribution in [0.25, 0.3) is 0 Å². The van der Waals surface area contributed by atoms with E-state index in [2.05, 4.69) is 5.32 Å². The summed E-state index contributed by atoms with van der Waals surface area (Å²) >= 11 is 0. The lowest BCUT2D eigenvalue weighted by Crippen LogP contribution is -2.43. The summed E-state index contributed by atoms with van der Waals surface area (Å²) in [7, 11) is 0. The van der Waals surface area contributed by atoms with Gasteiger partial charge in [0.15, 0.2) is 0 Å². The highest BCUT2D eigenvalue weighted by molar-refractivity contribution is 5.85. The molecule has 0 unspecified atom stereocenters. The van der Waals surface area contributed by atoms with Crippen LogP contribution in [0.5, 0.6) is 0 Å². The summed E-state index contributed by atoms with van der Waals surface area (Å²) in [4.78, 5) is 23.5. The molecule has 140 valence electrons. The summed E-state index contributed by atoms with van der Waals surface area (Å²) in [5.74, 6) is -1.88. The van der Waals surface area contributed by atoms with E-state index in [4.69, 9.17) is 5.26 Å². The Hall–Kier alpha value is -3.34. The van der Waals surface area contributed by atoms with Gasteiger partial charge in [-0.05, 0) is 35.4 Å². The zero-order chi connectivity index (χ0) is 20.0. The van der Waals surface area contributed by atoms with Gasteiger partial charge >= 0.3 is 12.1 Å². The second-order valence-corrected chi connectivity index (χ2v) is 5.85. The molecule has 0 saturated carbocycles. The van der Waals surface area contributed by atoms with E-state index in [0.717, 1.165) is 12.1 Å². The minimum atomic E-state index is -4.47. The van der Waals surface area contributed by atoms with Gasteiger partial charge in [0.25, 0.3) is 0 Å². The Balaban J connectivity index is 2.02. The van der Waals surface area contributed by atoms with Crippen LogP contribution >= 0.6 is 0 Å². The summed E-state index contributed by atoms with van der Waals surface area (Å²) in [6, 6.07) is 11.1. The number of nitriles is 1. The molecular weight excluding hydrogens is 361 g/mol. The number of hydrogen-bond acceptors (Lipinski definition) is 3. The van der Waals surface area contributed by atoms with Crippen LogP contribution in [0.4, 0.5) is 13.2 Å². The fourth-order valence-electron chi connectivity index (χ4n) is 2.45. The van der Waals surface area contributed by atoms with E-state index in [-0.39, 0.29) is 12.8 Å². The first-order valence-electron chi connectivity index (χ1n) is 7.86. The lowest BCUT2D eigenvalue weighted by atomic mass is 10.0. The van der Waals surface area contributed by atoms with E-state index >= 15 is 0 Å². The van der Waals surface area contributed by atoms with Gasteiger partial charge < -0.3 is 10.4 Å². The molecule has 1 amide bonds. The summed E-state index contributed by atoms with van der Waals surface area (Å²) in [6.45, 7) is 0. The highest BCUT2D eigenvalue weighted by Crippen LogP contribution is 2.29. The van der Waals surface area contributed by atoms with Gasteiger partial charge in [-0.3, -0.25) is 4.79 Å². The summed E-state index contributed by atoms with van der Waals surface area (Å²) in [5, 5.41) is 20.5. The van der Waals surface area contributed by atoms with E-state index in [1.807, 2.05) is 6.07 Å². The molecule has 5 nitrogen and oxygen atoms in total. The summed E-state index contributed by atoms with van der Waals surface area (Å²) in [5.41, 5.74) is 0.438.